The Balaban J connectivity index is 1.52. The molecule has 6 heteroatoms. The average molecular weight is 435 g/mol. The van der Waals surface area contributed by atoms with Crippen LogP contribution in [0.15, 0.2) is 83.9 Å². The summed E-state index contributed by atoms with van der Waals surface area (Å²) in [6, 6.07) is 22.9. The maximum absolute atomic E-state index is 12.7. The van der Waals surface area contributed by atoms with Gasteiger partial charge in [-0.1, -0.05) is 66.2 Å². The van der Waals surface area contributed by atoms with Gasteiger partial charge in [0.1, 0.15) is 6.10 Å². The van der Waals surface area contributed by atoms with E-state index in [2.05, 4.69) is 4.98 Å². The summed E-state index contributed by atoms with van der Waals surface area (Å²) in [5, 5.41) is 11.6. The van der Waals surface area contributed by atoms with Crippen LogP contribution in [-0.4, -0.2) is 27.4 Å². The van der Waals surface area contributed by atoms with Crippen molar-refractivity contribution in [1.29, 1.82) is 0 Å². The third-order valence-corrected chi connectivity index (χ3v) is 5.46. The van der Waals surface area contributed by atoms with E-state index in [1.165, 1.54) is 10.9 Å². The Morgan fingerprint density at radius 1 is 1.06 bits per heavy atom. The molecule has 0 radical (unpaired) electrons. The summed E-state index contributed by atoms with van der Waals surface area (Å²) in [6.07, 6.45) is 0.241. The molecule has 4 aromatic rings. The lowest BCUT2D eigenvalue weighted by Gasteiger charge is -2.23. The van der Waals surface area contributed by atoms with Gasteiger partial charge < -0.3 is 9.84 Å². The van der Waals surface area contributed by atoms with Gasteiger partial charge in [0.05, 0.1) is 36.5 Å². The van der Waals surface area contributed by atoms with Crippen molar-refractivity contribution >= 4 is 22.5 Å². The van der Waals surface area contributed by atoms with E-state index >= 15 is 0 Å². The van der Waals surface area contributed by atoms with Crippen LogP contribution in [0, 0.1) is 6.92 Å². The van der Waals surface area contributed by atoms with Crippen LogP contribution < -0.4 is 5.56 Å². The molecule has 1 aromatic heterocycles. The van der Waals surface area contributed by atoms with Gasteiger partial charge >= 0.3 is 0 Å². The molecule has 0 amide bonds. The summed E-state index contributed by atoms with van der Waals surface area (Å²) >= 11 is 5.97. The van der Waals surface area contributed by atoms with E-state index in [9.17, 15) is 9.90 Å². The number of aliphatic hydroxyl groups is 1. The second kappa shape index (κ2) is 9.43. The van der Waals surface area contributed by atoms with E-state index in [0.717, 1.165) is 16.7 Å². The van der Waals surface area contributed by atoms with Gasteiger partial charge in [0.2, 0.25) is 0 Å². The first kappa shape index (κ1) is 21.2. The van der Waals surface area contributed by atoms with Crippen molar-refractivity contribution in [1.82, 2.24) is 9.55 Å². The lowest BCUT2D eigenvalue weighted by atomic mass is 9.97. The number of nitrogens with zero attached hydrogens (tertiary/aromatic N) is 2. The number of hydrogen-bond acceptors (Lipinski definition) is 4. The zero-order valence-electron chi connectivity index (χ0n) is 17.1. The zero-order valence-corrected chi connectivity index (χ0v) is 17.9. The van der Waals surface area contributed by atoms with Gasteiger partial charge in [-0.3, -0.25) is 9.36 Å². The van der Waals surface area contributed by atoms with Crippen LogP contribution in [0.5, 0.6) is 0 Å². The minimum Gasteiger partial charge on any atom is -0.389 e. The Bertz CT molecular complexity index is 1240. The summed E-state index contributed by atoms with van der Waals surface area (Å²) in [5.74, 6) is 0. The Labute approximate surface area is 185 Å². The molecule has 158 valence electrons. The molecule has 31 heavy (non-hydrogen) atoms. The Kier molecular flexibility index (Phi) is 6.47. The van der Waals surface area contributed by atoms with Crippen molar-refractivity contribution < 1.29 is 9.84 Å². The molecular weight excluding hydrogens is 412 g/mol. The predicted molar refractivity (Wildman–Crippen MR) is 122 cm³/mol. The van der Waals surface area contributed by atoms with Crippen molar-refractivity contribution in [3.8, 4) is 0 Å². The fourth-order valence-corrected chi connectivity index (χ4v) is 3.79. The van der Waals surface area contributed by atoms with E-state index in [1.807, 2.05) is 61.5 Å². The quantitative estimate of drug-likeness (QED) is 0.464. The number of hydrogen-bond donors (Lipinski definition) is 1. The summed E-state index contributed by atoms with van der Waals surface area (Å²) in [4.78, 5) is 17.0. The second-order valence-electron chi connectivity index (χ2n) is 7.50. The minimum atomic E-state index is -0.875. The molecule has 2 unspecified atom stereocenters. The van der Waals surface area contributed by atoms with Crippen LogP contribution in [0.25, 0.3) is 10.9 Å². The Morgan fingerprint density at radius 2 is 1.81 bits per heavy atom. The number of halogens is 1. The van der Waals surface area contributed by atoms with E-state index in [4.69, 9.17) is 16.3 Å². The monoisotopic (exact) mass is 434 g/mol. The van der Waals surface area contributed by atoms with Gasteiger partial charge in [-0.05, 0) is 41.8 Å². The molecule has 0 fully saturated rings. The van der Waals surface area contributed by atoms with Crippen LogP contribution in [0.1, 0.15) is 22.8 Å². The van der Waals surface area contributed by atoms with Crippen molar-refractivity contribution in [2.24, 2.45) is 0 Å². The zero-order chi connectivity index (χ0) is 21.8. The highest BCUT2D eigenvalue weighted by Crippen LogP contribution is 2.28. The SMILES string of the molecule is Cc1ccccc1C(OCC(O)Cn1cnc2cc(Cl)ccc2c1=O)c1ccccc1. The van der Waals surface area contributed by atoms with Crippen molar-refractivity contribution in [3.05, 3.63) is 111 Å². The van der Waals surface area contributed by atoms with Crippen LogP contribution >= 0.6 is 11.6 Å². The van der Waals surface area contributed by atoms with Crippen LogP contribution in [0.3, 0.4) is 0 Å². The molecule has 2 atom stereocenters. The van der Waals surface area contributed by atoms with Gasteiger partial charge in [0.25, 0.3) is 5.56 Å². The van der Waals surface area contributed by atoms with Gasteiger partial charge in [-0.25, -0.2) is 4.98 Å². The normalized spacial score (nSPS) is 13.3. The van der Waals surface area contributed by atoms with Gasteiger partial charge in [0, 0.05) is 5.02 Å². The number of benzene rings is 3. The third kappa shape index (κ3) is 4.85. The van der Waals surface area contributed by atoms with E-state index in [0.29, 0.717) is 15.9 Å². The fourth-order valence-electron chi connectivity index (χ4n) is 3.62. The summed E-state index contributed by atoms with van der Waals surface area (Å²) < 4.78 is 7.57. The minimum absolute atomic E-state index is 0.0684. The fraction of sp³-hybridized carbons (Fsp3) is 0.200. The average Bonchev–Trinajstić information content (AvgIpc) is 2.78. The highest BCUT2D eigenvalue weighted by atomic mass is 35.5. The van der Waals surface area contributed by atoms with Crippen molar-refractivity contribution in [2.75, 3.05) is 6.61 Å². The van der Waals surface area contributed by atoms with E-state index in [-0.39, 0.29) is 24.8 Å². The lowest BCUT2D eigenvalue weighted by molar-refractivity contribution is -0.00119. The summed E-state index contributed by atoms with van der Waals surface area (Å²) in [7, 11) is 0. The molecule has 0 aliphatic heterocycles. The lowest BCUT2D eigenvalue weighted by Crippen LogP contribution is -2.30. The molecule has 0 bridgehead atoms. The number of aryl methyl sites for hydroxylation is 1. The molecule has 1 heterocycles. The molecule has 0 aliphatic carbocycles. The largest absolute Gasteiger partial charge is 0.389 e. The third-order valence-electron chi connectivity index (χ3n) is 5.22. The second-order valence-corrected chi connectivity index (χ2v) is 7.93. The molecule has 4 rings (SSSR count). The molecule has 0 saturated heterocycles. The molecule has 0 aliphatic rings. The molecule has 3 aromatic carbocycles. The van der Waals surface area contributed by atoms with Crippen molar-refractivity contribution in [3.63, 3.8) is 0 Å². The number of aliphatic hydroxyl groups excluding tert-OH is 1. The predicted octanol–water partition coefficient (Wildman–Crippen LogP) is 4.53. The molecule has 0 spiro atoms. The first-order chi connectivity index (χ1) is 15.0. The van der Waals surface area contributed by atoms with Gasteiger partial charge in [-0.2, -0.15) is 0 Å². The van der Waals surface area contributed by atoms with Gasteiger partial charge in [-0.15, -0.1) is 0 Å². The highest BCUT2D eigenvalue weighted by Gasteiger charge is 2.19. The molecule has 0 saturated carbocycles. The number of rotatable bonds is 7. The van der Waals surface area contributed by atoms with Crippen LogP contribution in [0.2, 0.25) is 5.02 Å². The molecular formula is C25H23ClN2O3. The first-order valence-electron chi connectivity index (χ1n) is 10.1. The first-order valence-corrected chi connectivity index (χ1v) is 10.5. The maximum atomic E-state index is 12.7. The van der Waals surface area contributed by atoms with Crippen molar-refractivity contribution in [2.45, 2.75) is 25.7 Å². The van der Waals surface area contributed by atoms with E-state index < -0.39 is 6.10 Å². The number of ether oxygens (including phenoxy) is 1. The maximum Gasteiger partial charge on any atom is 0.261 e. The van der Waals surface area contributed by atoms with Crippen LogP contribution in [-0.2, 0) is 11.3 Å². The molecule has 1 N–H and O–H groups in total. The summed E-state index contributed by atoms with van der Waals surface area (Å²) in [5.41, 5.74) is 3.47. The number of aromatic nitrogens is 2. The van der Waals surface area contributed by atoms with E-state index in [1.54, 1.807) is 18.2 Å². The standard InChI is InChI=1S/C25H23ClN2O3/c1-17-7-5-6-10-21(17)24(18-8-3-2-4-9-18)31-15-20(29)14-28-16-27-23-13-19(26)11-12-22(23)25(28)30/h2-13,16,20,24,29H,14-15H2,1H3. The highest BCUT2D eigenvalue weighted by molar-refractivity contribution is 6.31. The Hall–Kier alpha value is -2.99. The topological polar surface area (TPSA) is 64.3 Å². The smallest absolute Gasteiger partial charge is 0.261 e. The molecule has 5 nitrogen and oxygen atoms in total. The number of fused-ring (bicyclic) bond motifs is 1. The summed E-state index contributed by atoms with van der Waals surface area (Å²) in [6.45, 7) is 2.19. The Morgan fingerprint density at radius 3 is 2.58 bits per heavy atom. The van der Waals surface area contributed by atoms with Crippen LogP contribution in [0.4, 0.5) is 0 Å². The van der Waals surface area contributed by atoms with Gasteiger partial charge in [0.15, 0.2) is 0 Å².